The lowest BCUT2D eigenvalue weighted by atomic mass is 9.93. The highest BCUT2D eigenvalue weighted by molar-refractivity contribution is 6.11. The van der Waals surface area contributed by atoms with Crippen molar-refractivity contribution < 1.29 is 4.42 Å². The molecule has 0 bridgehead atoms. The van der Waals surface area contributed by atoms with Crippen LogP contribution in [0.25, 0.3) is 83.2 Å². The van der Waals surface area contributed by atoms with Crippen molar-refractivity contribution in [3.8, 4) is 50.6 Å². The van der Waals surface area contributed by atoms with Gasteiger partial charge in [0.05, 0.1) is 16.7 Å². The normalized spacial score (nSPS) is 11.5. The van der Waals surface area contributed by atoms with Crippen molar-refractivity contribution in [3.63, 3.8) is 0 Å². The van der Waals surface area contributed by atoms with Gasteiger partial charge in [0.1, 0.15) is 11.5 Å². The second-order valence-corrected chi connectivity index (χ2v) is 11.7. The molecule has 0 saturated heterocycles. The summed E-state index contributed by atoms with van der Waals surface area (Å²) in [5, 5.41) is 4.68. The van der Waals surface area contributed by atoms with Crippen molar-refractivity contribution >= 4 is 32.6 Å². The Morgan fingerprint density at radius 3 is 1.41 bits per heavy atom. The van der Waals surface area contributed by atoms with Gasteiger partial charge in [-0.1, -0.05) is 158 Å². The van der Waals surface area contributed by atoms with Gasteiger partial charge in [-0.3, -0.25) is 0 Å². The van der Waals surface area contributed by atoms with Crippen molar-refractivity contribution in [2.45, 2.75) is 0 Å². The summed E-state index contributed by atoms with van der Waals surface area (Å²) >= 11 is 0. The average molecular weight is 588 g/mol. The minimum absolute atomic E-state index is 0.870. The molecule has 0 aliphatic carbocycles. The molecule has 0 unspecified atom stereocenters. The molecule has 9 rings (SSSR count). The Morgan fingerprint density at radius 2 is 0.783 bits per heavy atom. The highest BCUT2D eigenvalue weighted by Gasteiger charge is 2.24. The molecule has 2 heterocycles. The van der Waals surface area contributed by atoms with E-state index in [1.54, 1.807) is 0 Å². The molecule has 0 radical (unpaired) electrons. The van der Waals surface area contributed by atoms with Crippen LogP contribution >= 0.6 is 0 Å². The van der Waals surface area contributed by atoms with E-state index in [-0.39, 0.29) is 0 Å². The molecular weight excluding hydrogens is 558 g/mol. The first-order valence-corrected chi connectivity index (χ1v) is 15.7. The van der Waals surface area contributed by atoms with E-state index >= 15 is 0 Å². The van der Waals surface area contributed by atoms with Crippen molar-refractivity contribution in [3.05, 3.63) is 176 Å². The molecule has 2 nitrogen and oxygen atoms in total. The molecule has 0 N–H and O–H groups in total. The van der Waals surface area contributed by atoms with E-state index in [9.17, 15) is 0 Å². The van der Waals surface area contributed by atoms with Crippen LogP contribution in [0.2, 0.25) is 0 Å². The second kappa shape index (κ2) is 10.8. The molecule has 2 heteroatoms. The minimum atomic E-state index is 0.870. The SMILES string of the molecule is c1ccc(-c2ccccc2-c2oc(-c3cccc(-n4c5ccccc5c5ccccc54)c3-c3ccccc3)c3ccccc23)cc1. The fraction of sp³-hybridized carbons (Fsp3) is 0. The fourth-order valence-electron chi connectivity index (χ4n) is 7.05. The third-order valence-corrected chi connectivity index (χ3v) is 9.05. The summed E-state index contributed by atoms with van der Waals surface area (Å²) in [6.45, 7) is 0. The van der Waals surface area contributed by atoms with E-state index in [0.717, 1.165) is 55.8 Å². The van der Waals surface area contributed by atoms with Crippen LogP contribution in [0.15, 0.2) is 180 Å². The van der Waals surface area contributed by atoms with Gasteiger partial charge in [-0.05, 0) is 34.9 Å². The Bertz CT molecular complexity index is 2460. The zero-order valence-electron chi connectivity index (χ0n) is 25.1. The monoisotopic (exact) mass is 587 g/mol. The molecule has 2 aromatic heterocycles. The standard InChI is InChI=1S/C44H29NO/c1-3-16-30(17-4-1)32-20-7-8-23-35(32)43-36-24-9-10-25-37(36)44(46-43)38-26-15-29-41(42(38)31-18-5-2-6-19-31)45-39-27-13-11-21-33(39)34-22-12-14-28-40(34)45/h1-29H. The lowest BCUT2D eigenvalue weighted by Gasteiger charge is -2.17. The Morgan fingerprint density at radius 1 is 0.326 bits per heavy atom. The molecule has 0 spiro atoms. The zero-order valence-corrected chi connectivity index (χ0v) is 25.1. The molecule has 0 fully saturated rings. The molecule has 7 aromatic carbocycles. The van der Waals surface area contributed by atoms with Crippen LogP contribution in [-0.2, 0) is 0 Å². The summed E-state index contributed by atoms with van der Waals surface area (Å²) in [4.78, 5) is 0. The van der Waals surface area contributed by atoms with E-state index in [1.165, 1.54) is 27.4 Å². The van der Waals surface area contributed by atoms with Gasteiger partial charge in [-0.15, -0.1) is 0 Å². The van der Waals surface area contributed by atoms with Gasteiger partial charge in [0.15, 0.2) is 0 Å². The summed E-state index contributed by atoms with van der Waals surface area (Å²) in [5.74, 6) is 1.75. The van der Waals surface area contributed by atoms with Crippen LogP contribution in [0.5, 0.6) is 0 Å². The van der Waals surface area contributed by atoms with Gasteiger partial charge in [0.25, 0.3) is 0 Å². The largest absolute Gasteiger partial charge is 0.455 e. The van der Waals surface area contributed by atoms with E-state index in [2.05, 4.69) is 180 Å². The zero-order chi connectivity index (χ0) is 30.5. The first kappa shape index (κ1) is 26.3. The first-order valence-electron chi connectivity index (χ1n) is 15.7. The van der Waals surface area contributed by atoms with Crippen LogP contribution in [0.4, 0.5) is 0 Å². The lowest BCUT2D eigenvalue weighted by molar-refractivity contribution is 0.602. The van der Waals surface area contributed by atoms with E-state index < -0.39 is 0 Å². The number of nitrogens with zero attached hydrogens (tertiary/aromatic N) is 1. The Labute approximate surface area is 267 Å². The Kier molecular flexibility index (Phi) is 6.17. The highest BCUT2D eigenvalue weighted by Crippen LogP contribution is 2.47. The summed E-state index contributed by atoms with van der Waals surface area (Å²) in [5.41, 5.74) is 10.2. The van der Waals surface area contributed by atoms with Crippen LogP contribution < -0.4 is 0 Å². The van der Waals surface area contributed by atoms with Crippen LogP contribution in [0, 0.1) is 0 Å². The molecule has 216 valence electrons. The summed E-state index contributed by atoms with van der Waals surface area (Å²) in [7, 11) is 0. The van der Waals surface area contributed by atoms with Crippen LogP contribution in [0.1, 0.15) is 0 Å². The lowest BCUT2D eigenvalue weighted by Crippen LogP contribution is -1.99. The van der Waals surface area contributed by atoms with Gasteiger partial charge in [-0.25, -0.2) is 0 Å². The van der Waals surface area contributed by atoms with Gasteiger partial charge >= 0.3 is 0 Å². The number of hydrogen-bond donors (Lipinski definition) is 0. The maximum absolute atomic E-state index is 7.10. The first-order chi connectivity index (χ1) is 22.9. The third kappa shape index (κ3) is 4.12. The van der Waals surface area contributed by atoms with E-state index in [1.807, 2.05) is 0 Å². The second-order valence-electron chi connectivity index (χ2n) is 11.7. The smallest absolute Gasteiger partial charge is 0.143 e. The summed E-state index contributed by atoms with van der Waals surface area (Å²) in [6, 6.07) is 62.4. The van der Waals surface area contributed by atoms with E-state index in [0.29, 0.717) is 0 Å². The van der Waals surface area contributed by atoms with Gasteiger partial charge < -0.3 is 8.98 Å². The molecule has 46 heavy (non-hydrogen) atoms. The van der Waals surface area contributed by atoms with Gasteiger partial charge in [0, 0.05) is 38.2 Å². The van der Waals surface area contributed by atoms with Gasteiger partial charge in [0.2, 0.25) is 0 Å². The number of para-hydroxylation sites is 2. The summed E-state index contributed by atoms with van der Waals surface area (Å²) < 4.78 is 9.51. The molecule has 0 aliphatic rings. The molecule has 0 amide bonds. The maximum Gasteiger partial charge on any atom is 0.143 e. The number of hydrogen-bond acceptors (Lipinski definition) is 1. The molecular formula is C44H29NO. The van der Waals surface area contributed by atoms with Crippen LogP contribution in [-0.4, -0.2) is 4.57 Å². The minimum Gasteiger partial charge on any atom is -0.455 e. The number of aromatic nitrogens is 1. The molecule has 0 saturated carbocycles. The number of fused-ring (bicyclic) bond motifs is 4. The number of rotatable bonds is 5. The molecule has 0 atom stereocenters. The topological polar surface area (TPSA) is 18.1 Å². The van der Waals surface area contributed by atoms with Crippen LogP contribution in [0.3, 0.4) is 0 Å². The van der Waals surface area contributed by atoms with E-state index in [4.69, 9.17) is 4.42 Å². The maximum atomic E-state index is 7.10. The number of benzene rings is 7. The van der Waals surface area contributed by atoms with Crippen molar-refractivity contribution in [1.29, 1.82) is 0 Å². The predicted molar refractivity (Wildman–Crippen MR) is 192 cm³/mol. The number of furan rings is 1. The van der Waals surface area contributed by atoms with Crippen molar-refractivity contribution in [2.24, 2.45) is 0 Å². The molecule has 0 aliphatic heterocycles. The highest BCUT2D eigenvalue weighted by atomic mass is 16.3. The van der Waals surface area contributed by atoms with Crippen molar-refractivity contribution in [2.75, 3.05) is 0 Å². The third-order valence-electron chi connectivity index (χ3n) is 9.05. The van der Waals surface area contributed by atoms with Crippen molar-refractivity contribution in [1.82, 2.24) is 4.57 Å². The quantitative estimate of drug-likeness (QED) is 0.196. The predicted octanol–water partition coefficient (Wildman–Crippen LogP) is 12.2. The Hall–Kier alpha value is -6.12. The Balaban J connectivity index is 1.36. The molecule has 9 aromatic rings. The fourth-order valence-corrected chi connectivity index (χ4v) is 7.05. The summed E-state index contributed by atoms with van der Waals surface area (Å²) in [6.07, 6.45) is 0. The average Bonchev–Trinajstić information content (AvgIpc) is 3.68. The van der Waals surface area contributed by atoms with Gasteiger partial charge in [-0.2, -0.15) is 0 Å².